The minimum Gasteiger partial charge on any atom is -0.427 e. The van der Waals surface area contributed by atoms with Crippen molar-refractivity contribution in [1.82, 2.24) is 0 Å². The van der Waals surface area contributed by atoms with E-state index in [9.17, 15) is 19.6 Å². The van der Waals surface area contributed by atoms with Gasteiger partial charge in [0.25, 0.3) is 0 Å². The fourth-order valence-electron chi connectivity index (χ4n) is 7.39. The third-order valence-corrected chi connectivity index (χ3v) is 11.1. The predicted octanol–water partition coefficient (Wildman–Crippen LogP) is 13.3. The number of rotatable bonds is 31. The molecule has 6 nitrogen and oxygen atoms in total. The van der Waals surface area contributed by atoms with Gasteiger partial charge in [-0.2, -0.15) is 0 Å². The summed E-state index contributed by atoms with van der Waals surface area (Å²) >= 11 is 0. The first-order valence-corrected chi connectivity index (χ1v) is 22.0. The van der Waals surface area contributed by atoms with Crippen LogP contribution in [0.5, 0.6) is 11.5 Å². The fourth-order valence-corrected chi connectivity index (χ4v) is 8.01. The van der Waals surface area contributed by atoms with Gasteiger partial charge in [0.1, 0.15) is 11.5 Å². The van der Waals surface area contributed by atoms with Gasteiger partial charge in [-0.1, -0.05) is 186 Å². The number of hydrogen-bond acceptors (Lipinski definition) is 6. The minimum absolute atomic E-state index is 0.150. The van der Waals surface area contributed by atoms with Crippen LogP contribution in [0, 0.1) is 0 Å². The van der Waals surface area contributed by atoms with Crippen LogP contribution in [0.25, 0.3) is 0 Å². The van der Waals surface area contributed by atoms with E-state index >= 15 is 0 Å². The second-order valence-corrected chi connectivity index (χ2v) is 15.7. The molecule has 0 saturated carbocycles. The SMILES string of the molecule is CCCCCCCCCCCCCC(c1ccc(OP(O)O)cc1)C(C)(CCCCCCCCCCCCC)c1ccc(OP(O)O)cc1. The van der Waals surface area contributed by atoms with Crippen molar-refractivity contribution in [2.45, 2.75) is 186 Å². The highest BCUT2D eigenvalue weighted by Gasteiger charge is 2.36. The molecule has 2 rings (SSSR count). The monoisotopic (exact) mass is 720 g/mol. The van der Waals surface area contributed by atoms with Crippen molar-refractivity contribution in [3.63, 3.8) is 0 Å². The topological polar surface area (TPSA) is 99.4 Å². The van der Waals surface area contributed by atoms with Crippen LogP contribution in [0.4, 0.5) is 0 Å². The van der Waals surface area contributed by atoms with Gasteiger partial charge in [0.2, 0.25) is 0 Å². The van der Waals surface area contributed by atoms with Crippen molar-refractivity contribution in [1.29, 1.82) is 0 Å². The quantitative estimate of drug-likeness (QED) is 0.0457. The summed E-state index contributed by atoms with van der Waals surface area (Å²) in [7, 11) is -4.92. The summed E-state index contributed by atoms with van der Waals surface area (Å²) in [5, 5.41) is 0. The summed E-state index contributed by atoms with van der Waals surface area (Å²) in [6.45, 7) is 6.95. The molecule has 0 aliphatic rings. The Morgan fingerprint density at radius 3 is 1.22 bits per heavy atom. The zero-order valence-electron chi connectivity index (χ0n) is 31.2. The maximum absolute atomic E-state index is 9.41. The molecule has 280 valence electrons. The zero-order chi connectivity index (χ0) is 35.6. The van der Waals surface area contributed by atoms with Gasteiger partial charge in [-0.25, -0.2) is 0 Å². The average molecular weight is 721 g/mol. The molecule has 0 saturated heterocycles. The van der Waals surface area contributed by atoms with Crippen LogP contribution < -0.4 is 9.05 Å². The van der Waals surface area contributed by atoms with Crippen LogP contribution in [0.15, 0.2) is 48.5 Å². The Hall–Kier alpha value is -1.26. The van der Waals surface area contributed by atoms with E-state index in [4.69, 9.17) is 9.05 Å². The minimum atomic E-state index is -2.46. The molecular weight excluding hydrogens is 650 g/mol. The molecule has 0 bridgehead atoms. The molecular formula is C41H70O6P2. The predicted molar refractivity (Wildman–Crippen MR) is 209 cm³/mol. The Morgan fingerprint density at radius 1 is 0.490 bits per heavy atom. The average Bonchev–Trinajstić information content (AvgIpc) is 3.08. The second kappa shape index (κ2) is 27.4. The zero-order valence-corrected chi connectivity index (χ0v) is 33.0. The lowest BCUT2D eigenvalue weighted by Gasteiger charge is -2.40. The first kappa shape index (κ1) is 43.9. The Balaban J connectivity index is 2.12. The van der Waals surface area contributed by atoms with Crippen molar-refractivity contribution < 1.29 is 28.6 Å². The van der Waals surface area contributed by atoms with E-state index in [2.05, 4.69) is 45.0 Å². The smallest absolute Gasteiger partial charge is 0.391 e. The molecule has 2 atom stereocenters. The van der Waals surface area contributed by atoms with Gasteiger partial charge in [-0.3, -0.25) is 0 Å². The van der Waals surface area contributed by atoms with E-state index in [0.29, 0.717) is 11.5 Å². The van der Waals surface area contributed by atoms with E-state index in [1.165, 1.54) is 140 Å². The van der Waals surface area contributed by atoms with E-state index in [0.717, 1.165) is 25.7 Å². The lowest BCUT2D eigenvalue weighted by Crippen LogP contribution is -2.31. The van der Waals surface area contributed by atoms with Gasteiger partial charge in [0, 0.05) is 0 Å². The van der Waals surface area contributed by atoms with Crippen LogP contribution in [0.2, 0.25) is 0 Å². The van der Waals surface area contributed by atoms with E-state index in [1.807, 2.05) is 24.3 Å². The summed E-state index contributed by atoms with van der Waals surface area (Å²) in [6, 6.07) is 15.8. The molecule has 8 heteroatoms. The van der Waals surface area contributed by atoms with Crippen molar-refractivity contribution in [2.75, 3.05) is 0 Å². The number of benzene rings is 2. The molecule has 0 aliphatic carbocycles. The molecule has 0 heterocycles. The number of unbranched alkanes of at least 4 members (excludes halogenated alkanes) is 20. The van der Waals surface area contributed by atoms with Crippen LogP contribution in [0.1, 0.15) is 192 Å². The van der Waals surface area contributed by atoms with Gasteiger partial charge < -0.3 is 28.6 Å². The lowest BCUT2D eigenvalue weighted by molar-refractivity contribution is 0.311. The maximum atomic E-state index is 9.41. The van der Waals surface area contributed by atoms with Crippen molar-refractivity contribution >= 4 is 17.2 Å². The molecule has 4 N–H and O–H groups in total. The van der Waals surface area contributed by atoms with Gasteiger partial charge in [0.15, 0.2) is 0 Å². The van der Waals surface area contributed by atoms with Crippen molar-refractivity contribution in [2.24, 2.45) is 0 Å². The van der Waals surface area contributed by atoms with Gasteiger partial charge in [-0.05, 0) is 59.6 Å². The first-order chi connectivity index (χ1) is 23.8. The summed E-state index contributed by atoms with van der Waals surface area (Å²) in [5.41, 5.74) is 2.32. The highest BCUT2D eigenvalue weighted by atomic mass is 31.2. The van der Waals surface area contributed by atoms with Gasteiger partial charge >= 0.3 is 17.2 Å². The van der Waals surface area contributed by atoms with E-state index in [1.54, 1.807) is 0 Å². The largest absolute Gasteiger partial charge is 0.427 e. The summed E-state index contributed by atoms with van der Waals surface area (Å²) in [5.74, 6) is 1.18. The Labute approximate surface area is 302 Å². The highest BCUT2D eigenvalue weighted by Crippen LogP contribution is 2.47. The van der Waals surface area contributed by atoms with Crippen LogP contribution in [-0.2, 0) is 5.41 Å². The molecule has 0 aliphatic heterocycles. The van der Waals surface area contributed by atoms with Gasteiger partial charge in [0.05, 0.1) is 0 Å². The Morgan fingerprint density at radius 2 is 0.837 bits per heavy atom. The third-order valence-electron chi connectivity index (χ3n) is 10.3. The Kier molecular flexibility index (Phi) is 24.5. The maximum Gasteiger partial charge on any atom is 0.391 e. The first-order valence-electron chi connectivity index (χ1n) is 19.7. The summed E-state index contributed by atoms with van der Waals surface area (Å²) in [4.78, 5) is 37.6. The molecule has 0 aromatic heterocycles. The molecule has 0 fully saturated rings. The van der Waals surface area contributed by atoms with Crippen LogP contribution >= 0.6 is 17.2 Å². The fraction of sp³-hybridized carbons (Fsp3) is 0.707. The summed E-state index contributed by atoms with van der Waals surface area (Å²) < 4.78 is 10.4. The van der Waals surface area contributed by atoms with Crippen LogP contribution in [0.3, 0.4) is 0 Å². The second-order valence-electron chi connectivity index (χ2n) is 14.4. The van der Waals surface area contributed by atoms with E-state index < -0.39 is 17.2 Å². The molecule has 0 amide bonds. The van der Waals surface area contributed by atoms with Crippen LogP contribution in [-0.4, -0.2) is 19.6 Å². The Bertz CT molecular complexity index is 1050. The molecule has 2 unspecified atom stereocenters. The molecule has 0 radical (unpaired) electrons. The summed E-state index contributed by atoms with van der Waals surface area (Å²) in [6.07, 6.45) is 31.0. The molecule has 0 spiro atoms. The molecule has 2 aromatic rings. The lowest BCUT2D eigenvalue weighted by atomic mass is 9.64. The highest BCUT2D eigenvalue weighted by molar-refractivity contribution is 7.40. The third kappa shape index (κ3) is 19.2. The molecule has 2 aromatic carbocycles. The standard InChI is InChI=1S/C41H70O6P2/c1-4-6-8-10-12-14-16-18-20-22-24-26-40(36-27-31-38(32-28-36)46-48(42)43)41(3,37-29-33-39(34-30-37)47-49(44)45)35-25-23-21-19-17-15-13-11-9-7-5-2/h27-34,40,42-45H,4-26,35H2,1-3H3. The van der Waals surface area contributed by atoms with Crippen molar-refractivity contribution in [3.05, 3.63) is 59.7 Å². The van der Waals surface area contributed by atoms with E-state index in [-0.39, 0.29) is 11.3 Å². The van der Waals surface area contributed by atoms with Crippen molar-refractivity contribution in [3.8, 4) is 11.5 Å². The number of hydrogen-bond donors (Lipinski definition) is 4. The molecule has 49 heavy (non-hydrogen) atoms. The normalized spacial score (nSPS) is 13.6. The van der Waals surface area contributed by atoms with Gasteiger partial charge in [-0.15, -0.1) is 0 Å².